The number of primary amides is 1. The second-order valence-corrected chi connectivity index (χ2v) is 11.5. The molecule has 0 aromatic rings. The maximum absolute atomic E-state index is 11.5. The Balaban J connectivity index is 1.61. The van der Waals surface area contributed by atoms with E-state index in [1.165, 1.54) is 0 Å². The summed E-state index contributed by atoms with van der Waals surface area (Å²) in [6, 6.07) is 0. The fraction of sp³-hybridized carbons (Fsp3) is 0.958. The van der Waals surface area contributed by atoms with Crippen molar-refractivity contribution in [1.82, 2.24) is 0 Å². The number of carbonyl (C=O) groups is 1. The van der Waals surface area contributed by atoms with E-state index in [2.05, 4.69) is 20.8 Å². The molecule has 5 nitrogen and oxygen atoms in total. The topological polar surface area (TPSA) is 104 Å². The van der Waals surface area contributed by atoms with E-state index < -0.39 is 0 Å². The van der Waals surface area contributed by atoms with Gasteiger partial charge in [0.1, 0.15) is 0 Å². The summed E-state index contributed by atoms with van der Waals surface area (Å²) in [5, 5.41) is 33.0. The Morgan fingerprint density at radius 3 is 2.48 bits per heavy atom. The van der Waals surface area contributed by atoms with E-state index in [-0.39, 0.29) is 41.0 Å². The molecule has 4 aliphatic rings. The minimum atomic E-state index is -0.369. The molecular formula is C24H41NO4. The third-order valence-corrected chi connectivity index (χ3v) is 10.4. The van der Waals surface area contributed by atoms with Crippen LogP contribution in [0.15, 0.2) is 0 Å². The van der Waals surface area contributed by atoms with Crippen LogP contribution in [-0.4, -0.2) is 39.5 Å². The van der Waals surface area contributed by atoms with Crippen molar-refractivity contribution in [2.24, 2.45) is 52.1 Å². The van der Waals surface area contributed by atoms with E-state index in [0.29, 0.717) is 36.0 Å². The Labute approximate surface area is 175 Å². The number of fused-ring (bicyclic) bond motifs is 5. The molecule has 4 aliphatic carbocycles. The standard InChI is InChI=1S/C24H41NO4/c1-13(4-7-21(25)29)16-5-6-17-22-18(12-20(28)24(16,17)3)23(2)9-8-15(26)10-14(23)11-19(22)27/h13-20,22,26-28H,4-12H2,1-3H3,(H2,25,29)/t13?,14?,15-,16-,17+,18+,19-,20+,22?,23+,24-/m1/s1. The molecule has 0 spiro atoms. The summed E-state index contributed by atoms with van der Waals surface area (Å²) in [6.45, 7) is 6.82. The van der Waals surface area contributed by atoms with Crippen molar-refractivity contribution in [2.45, 2.75) is 96.9 Å². The van der Waals surface area contributed by atoms with Gasteiger partial charge in [0.15, 0.2) is 0 Å². The zero-order valence-corrected chi connectivity index (χ0v) is 18.4. The SMILES string of the molecule is CC(CCC(N)=O)[C@H]1CC[C@H]2C3[C@H](O)CC4C[C@H](O)CC[C@]4(C)[C@H]3C[C@H](O)[C@]12C. The summed E-state index contributed by atoms with van der Waals surface area (Å²) in [4.78, 5) is 11.3. The molecule has 0 aromatic heterocycles. The highest BCUT2D eigenvalue weighted by molar-refractivity contribution is 5.73. The Morgan fingerprint density at radius 1 is 1.07 bits per heavy atom. The van der Waals surface area contributed by atoms with Gasteiger partial charge in [-0.2, -0.15) is 0 Å². The van der Waals surface area contributed by atoms with Crippen LogP contribution in [0.5, 0.6) is 0 Å². The monoisotopic (exact) mass is 407 g/mol. The van der Waals surface area contributed by atoms with Gasteiger partial charge in [-0.05, 0) is 97.7 Å². The number of nitrogens with two attached hydrogens (primary N) is 1. The third kappa shape index (κ3) is 3.27. The largest absolute Gasteiger partial charge is 0.393 e. The molecule has 3 unspecified atom stereocenters. The number of aliphatic hydroxyl groups is 3. The van der Waals surface area contributed by atoms with Gasteiger partial charge in [0.25, 0.3) is 0 Å². The van der Waals surface area contributed by atoms with E-state index in [0.717, 1.165) is 51.4 Å². The van der Waals surface area contributed by atoms with Crippen LogP contribution in [0, 0.1) is 46.3 Å². The molecule has 166 valence electrons. The number of amides is 1. The van der Waals surface area contributed by atoms with Crippen molar-refractivity contribution in [3.63, 3.8) is 0 Å². The molecule has 5 heteroatoms. The van der Waals surface area contributed by atoms with Crippen molar-refractivity contribution in [2.75, 3.05) is 0 Å². The first-order valence-electron chi connectivity index (χ1n) is 11.9. The van der Waals surface area contributed by atoms with Gasteiger partial charge in [-0.3, -0.25) is 4.79 Å². The maximum atomic E-state index is 11.5. The van der Waals surface area contributed by atoms with Gasteiger partial charge in [0.05, 0.1) is 18.3 Å². The maximum Gasteiger partial charge on any atom is 0.217 e. The highest BCUT2D eigenvalue weighted by atomic mass is 16.3. The van der Waals surface area contributed by atoms with Gasteiger partial charge < -0.3 is 21.1 Å². The first-order chi connectivity index (χ1) is 13.6. The van der Waals surface area contributed by atoms with Crippen molar-refractivity contribution in [3.05, 3.63) is 0 Å². The minimum Gasteiger partial charge on any atom is -0.393 e. The average Bonchev–Trinajstić information content (AvgIpc) is 3.01. The highest BCUT2D eigenvalue weighted by Crippen LogP contribution is 2.68. The van der Waals surface area contributed by atoms with E-state index in [1.54, 1.807) is 0 Å². The third-order valence-electron chi connectivity index (χ3n) is 10.4. The van der Waals surface area contributed by atoms with Crippen LogP contribution in [0.3, 0.4) is 0 Å². The summed E-state index contributed by atoms with van der Waals surface area (Å²) < 4.78 is 0. The van der Waals surface area contributed by atoms with Crippen LogP contribution >= 0.6 is 0 Å². The quantitative estimate of drug-likeness (QED) is 0.575. The number of hydrogen-bond donors (Lipinski definition) is 4. The molecule has 4 fully saturated rings. The van der Waals surface area contributed by atoms with Crippen LogP contribution in [-0.2, 0) is 4.79 Å². The Hall–Kier alpha value is -0.650. The lowest BCUT2D eigenvalue weighted by Crippen LogP contribution is -2.62. The predicted molar refractivity (Wildman–Crippen MR) is 112 cm³/mol. The van der Waals surface area contributed by atoms with Crippen molar-refractivity contribution in [3.8, 4) is 0 Å². The Kier molecular flexibility index (Phi) is 5.57. The van der Waals surface area contributed by atoms with Crippen LogP contribution < -0.4 is 5.73 Å². The second-order valence-electron chi connectivity index (χ2n) is 11.5. The van der Waals surface area contributed by atoms with Gasteiger partial charge in [-0.1, -0.05) is 20.8 Å². The Morgan fingerprint density at radius 2 is 1.79 bits per heavy atom. The number of rotatable bonds is 4. The first kappa shape index (κ1) is 21.6. The van der Waals surface area contributed by atoms with Crippen molar-refractivity contribution in [1.29, 1.82) is 0 Å². The van der Waals surface area contributed by atoms with Crippen LogP contribution in [0.25, 0.3) is 0 Å². The van der Waals surface area contributed by atoms with Crippen molar-refractivity contribution >= 4 is 5.91 Å². The molecule has 0 saturated heterocycles. The lowest BCUT2D eigenvalue weighted by atomic mass is 9.43. The highest BCUT2D eigenvalue weighted by Gasteiger charge is 2.65. The fourth-order valence-corrected chi connectivity index (χ4v) is 8.70. The Bertz CT molecular complexity index is 640. The van der Waals surface area contributed by atoms with E-state index >= 15 is 0 Å². The summed E-state index contributed by atoms with van der Waals surface area (Å²) in [7, 11) is 0. The number of aliphatic hydroxyl groups excluding tert-OH is 3. The molecule has 4 saturated carbocycles. The molecule has 29 heavy (non-hydrogen) atoms. The summed E-state index contributed by atoms with van der Waals surface area (Å²) in [5.74, 6) is 1.72. The minimum absolute atomic E-state index is 0.112. The molecule has 5 N–H and O–H groups in total. The van der Waals surface area contributed by atoms with Crippen molar-refractivity contribution < 1.29 is 20.1 Å². The van der Waals surface area contributed by atoms with E-state index in [1.807, 2.05) is 0 Å². The second kappa shape index (κ2) is 7.49. The molecule has 1 amide bonds. The van der Waals surface area contributed by atoms with Crippen LogP contribution in [0.2, 0.25) is 0 Å². The summed E-state index contributed by atoms with van der Waals surface area (Å²) in [5.41, 5.74) is 5.30. The zero-order valence-electron chi connectivity index (χ0n) is 18.4. The molecular weight excluding hydrogens is 366 g/mol. The summed E-state index contributed by atoms with van der Waals surface area (Å²) >= 11 is 0. The fourth-order valence-electron chi connectivity index (χ4n) is 8.70. The van der Waals surface area contributed by atoms with Gasteiger partial charge in [0.2, 0.25) is 5.91 Å². The molecule has 4 rings (SSSR count). The summed E-state index contributed by atoms with van der Waals surface area (Å²) in [6.07, 6.45) is 6.56. The molecule has 0 heterocycles. The molecule has 0 bridgehead atoms. The van der Waals surface area contributed by atoms with Gasteiger partial charge >= 0.3 is 0 Å². The zero-order chi connectivity index (χ0) is 21.1. The number of hydrogen-bond acceptors (Lipinski definition) is 4. The van der Waals surface area contributed by atoms with Crippen LogP contribution in [0.1, 0.15) is 78.6 Å². The van der Waals surface area contributed by atoms with Gasteiger partial charge in [-0.15, -0.1) is 0 Å². The normalized spacial score (nSPS) is 52.9. The van der Waals surface area contributed by atoms with E-state index in [9.17, 15) is 20.1 Å². The van der Waals surface area contributed by atoms with Gasteiger partial charge in [-0.25, -0.2) is 0 Å². The number of carbonyl (C=O) groups excluding carboxylic acids is 1. The lowest BCUT2D eigenvalue weighted by Gasteiger charge is -2.63. The molecule has 0 aromatic carbocycles. The van der Waals surface area contributed by atoms with E-state index in [4.69, 9.17) is 5.73 Å². The van der Waals surface area contributed by atoms with Crippen LogP contribution in [0.4, 0.5) is 0 Å². The molecule has 11 atom stereocenters. The first-order valence-corrected chi connectivity index (χ1v) is 11.9. The lowest BCUT2D eigenvalue weighted by molar-refractivity contribution is -0.207. The molecule has 0 radical (unpaired) electrons. The smallest absolute Gasteiger partial charge is 0.217 e. The molecule has 0 aliphatic heterocycles. The predicted octanol–water partition coefficient (Wildman–Crippen LogP) is 2.85. The van der Waals surface area contributed by atoms with Gasteiger partial charge in [0, 0.05) is 6.42 Å². The average molecular weight is 408 g/mol.